The van der Waals surface area contributed by atoms with Crippen molar-refractivity contribution in [2.75, 3.05) is 6.61 Å². The second-order valence-corrected chi connectivity index (χ2v) is 2.37. The summed E-state index contributed by atoms with van der Waals surface area (Å²) in [4.78, 5) is 20.6. The van der Waals surface area contributed by atoms with E-state index < -0.39 is 17.7 Å². The van der Waals surface area contributed by atoms with E-state index in [0.717, 1.165) is 12.2 Å². The maximum absolute atomic E-state index is 10.3. The van der Waals surface area contributed by atoms with E-state index in [1.54, 1.807) is 0 Å². The molecule has 0 aromatic carbocycles. The second kappa shape index (κ2) is 5.96. The van der Waals surface area contributed by atoms with E-state index in [9.17, 15) is 9.59 Å². The highest BCUT2D eigenvalue weighted by Gasteiger charge is 1.98. The van der Waals surface area contributed by atoms with Gasteiger partial charge in [-0.05, 0) is 12.2 Å². The molecule has 0 radical (unpaired) electrons. The molecule has 0 aromatic heterocycles. The van der Waals surface area contributed by atoms with Gasteiger partial charge in [-0.25, -0.2) is 0 Å². The Balaban J connectivity index is 4.19. The number of amides is 2. The fourth-order valence-corrected chi connectivity index (χ4v) is 0.623. The molecule has 13 heavy (non-hydrogen) atoms. The molecule has 0 spiro atoms. The van der Waals surface area contributed by atoms with Gasteiger partial charge in [-0.1, -0.05) is 12.2 Å². The minimum absolute atomic E-state index is 0.215. The van der Waals surface area contributed by atoms with Crippen molar-refractivity contribution in [1.82, 2.24) is 0 Å². The maximum Gasteiger partial charge on any atom is 0.241 e. The summed E-state index contributed by atoms with van der Waals surface area (Å²) in [5.41, 5.74) is 9.66. The van der Waals surface area contributed by atoms with Gasteiger partial charge in [0.2, 0.25) is 11.8 Å². The minimum atomic E-state index is -0.606. The fourth-order valence-electron chi connectivity index (χ4n) is 0.623. The number of hydrogen-bond acceptors (Lipinski definition) is 3. The molecule has 0 saturated heterocycles. The number of rotatable bonds is 5. The van der Waals surface area contributed by atoms with Crippen LogP contribution in [0.2, 0.25) is 0 Å². The minimum Gasteiger partial charge on any atom is -0.395 e. The van der Waals surface area contributed by atoms with Crippen LogP contribution in [-0.4, -0.2) is 23.5 Å². The highest BCUT2D eigenvalue weighted by atomic mass is 16.3. The summed E-state index contributed by atoms with van der Waals surface area (Å²) in [6.45, 7) is -0.215. The van der Waals surface area contributed by atoms with Gasteiger partial charge in [0, 0.05) is 5.92 Å². The zero-order chi connectivity index (χ0) is 10.3. The molecule has 5 heteroatoms. The lowest BCUT2D eigenvalue weighted by Gasteiger charge is -1.99. The van der Waals surface area contributed by atoms with Crippen LogP contribution in [0.3, 0.4) is 0 Å². The first-order valence-corrected chi connectivity index (χ1v) is 3.62. The zero-order valence-electron chi connectivity index (χ0n) is 7.01. The lowest BCUT2D eigenvalue weighted by atomic mass is 10.1. The number of aliphatic hydroxyl groups excluding tert-OH is 1. The van der Waals surface area contributed by atoms with Crippen molar-refractivity contribution >= 4 is 11.8 Å². The molecule has 0 fully saturated rings. The van der Waals surface area contributed by atoms with Crippen LogP contribution in [0.25, 0.3) is 0 Å². The highest BCUT2D eigenvalue weighted by molar-refractivity contribution is 5.86. The molecule has 72 valence electrons. The van der Waals surface area contributed by atoms with Crippen molar-refractivity contribution in [2.45, 2.75) is 0 Å². The molecule has 0 rings (SSSR count). The SMILES string of the molecule is NC(=O)C=CC(C=CC(N)=O)CO. The number of carbonyl (C=O) groups is 2. The fraction of sp³-hybridized carbons (Fsp3) is 0.250. The number of hydrogen-bond donors (Lipinski definition) is 3. The molecule has 0 atom stereocenters. The molecular weight excluding hydrogens is 172 g/mol. The van der Waals surface area contributed by atoms with Crippen molar-refractivity contribution in [3.63, 3.8) is 0 Å². The van der Waals surface area contributed by atoms with Crippen LogP contribution < -0.4 is 11.5 Å². The maximum atomic E-state index is 10.3. The van der Waals surface area contributed by atoms with E-state index in [0.29, 0.717) is 0 Å². The molecular formula is C8H12N2O3. The average molecular weight is 184 g/mol. The predicted octanol–water partition coefficient (Wildman–Crippen LogP) is -1.32. The standard InChI is InChI=1S/C8H12N2O3/c9-7(12)3-1-6(5-11)2-4-8(10)13/h1-4,6,11H,5H2,(H2,9,12)(H2,10,13). The van der Waals surface area contributed by atoms with Crippen LogP contribution >= 0.6 is 0 Å². The Labute approximate surface area is 75.7 Å². The Bertz CT molecular complexity index is 222. The Morgan fingerprint density at radius 1 is 1.15 bits per heavy atom. The molecule has 0 bridgehead atoms. The number of primary amides is 2. The number of carbonyl (C=O) groups excluding carboxylic acids is 2. The number of aliphatic hydroxyl groups is 1. The van der Waals surface area contributed by atoms with E-state index in [-0.39, 0.29) is 6.61 Å². The van der Waals surface area contributed by atoms with E-state index >= 15 is 0 Å². The van der Waals surface area contributed by atoms with Crippen molar-refractivity contribution in [2.24, 2.45) is 17.4 Å². The van der Waals surface area contributed by atoms with Crippen molar-refractivity contribution in [3.05, 3.63) is 24.3 Å². The first kappa shape index (κ1) is 11.4. The molecule has 5 N–H and O–H groups in total. The van der Waals surface area contributed by atoms with Gasteiger partial charge in [0.25, 0.3) is 0 Å². The summed E-state index contributed by atoms with van der Waals surface area (Å²) >= 11 is 0. The third-order valence-corrected chi connectivity index (χ3v) is 1.23. The molecule has 0 unspecified atom stereocenters. The molecule has 0 saturated carbocycles. The third kappa shape index (κ3) is 6.77. The topological polar surface area (TPSA) is 106 Å². The molecule has 0 aromatic rings. The van der Waals surface area contributed by atoms with Crippen LogP contribution in [0.1, 0.15) is 0 Å². The smallest absolute Gasteiger partial charge is 0.241 e. The van der Waals surface area contributed by atoms with Crippen LogP contribution in [-0.2, 0) is 9.59 Å². The Morgan fingerprint density at radius 3 is 1.77 bits per heavy atom. The Morgan fingerprint density at radius 2 is 1.54 bits per heavy atom. The normalized spacial score (nSPS) is 13.6. The van der Waals surface area contributed by atoms with E-state index in [2.05, 4.69) is 0 Å². The van der Waals surface area contributed by atoms with Gasteiger partial charge in [-0.2, -0.15) is 0 Å². The van der Waals surface area contributed by atoms with Gasteiger partial charge in [0.15, 0.2) is 0 Å². The van der Waals surface area contributed by atoms with E-state index in [4.69, 9.17) is 16.6 Å². The summed E-state index contributed by atoms with van der Waals surface area (Å²) in [5, 5.41) is 8.75. The van der Waals surface area contributed by atoms with Gasteiger partial charge in [-0.3, -0.25) is 9.59 Å². The summed E-state index contributed by atoms with van der Waals surface area (Å²) in [5.74, 6) is -1.63. The van der Waals surface area contributed by atoms with E-state index in [1.165, 1.54) is 12.2 Å². The van der Waals surface area contributed by atoms with Crippen LogP contribution in [0.5, 0.6) is 0 Å². The summed E-state index contributed by atoms with van der Waals surface area (Å²) in [6.07, 6.45) is 5.02. The predicted molar refractivity (Wildman–Crippen MR) is 47.2 cm³/mol. The largest absolute Gasteiger partial charge is 0.395 e. The molecule has 0 aliphatic carbocycles. The molecule has 2 amide bonds. The van der Waals surface area contributed by atoms with Gasteiger partial charge < -0.3 is 16.6 Å². The Kier molecular flexibility index (Phi) is 5.22. The number of nitrogens with two attached hydrogens (primary N) is 2. The third-order valence-electron chi connectivity index (χ3n) is 1.23. The zero-order valence-corrected chi connectivity index (χ0v) is 7.01. The van der Waals surface area contributed by atoms with Crippen molar-refractivity contribution in [1.29, 1.82) is 0 Å². The lowest BCUT2D eigenvalue weighted by Crippen LogP contribution is -2.09. The quantitative estimate of drug-likeness (QED) is 0.461. The summed E-state index contributed by atoms with van der Waals surface area (Å²) < 4.78 is 0. The Hall–Kier alpha value is -1.62. The molecule has 0 aliphatic rings. The average Bonchev–Trinajstić information content (AvgIpc) is 2.04. The molecule has 0 heterocycles. The van der Waals surface area contributed by atoms with Crippen molar-refractivity contribution < 1.29 is 14.7 Å². The lowest BCUT2D eigenvalue weighted by molar-refractivity contribution is -0.114. The van der Waals surface area contributed by atoms with Gasteiger partial charge in [0.05, 0.1) is 6.61 Å². The second-order valence-electron chi connectivity index (χ2n) is 2.37. The van der Waals surface area contributed by atoms with Gasteiger partial charge >= 0.3 is 0 Å². The van der Waals surface area contributed by atoms with Crippen LogP contribution in [0.4, 0.5) is 0 Å². The first-order chi connectivity index (χ1) is 6.06. The highest BCUT2D eigenvalue weighted by Crippen LogP contribution is 1.99. The van der Waals surface area contributed by atoms with Crippen LogP contribution in [0.15, 0.2) is 24.3 Å². The summed E-state index contributed by atoms with van der Waals surface area (Å²) in [7, 11) is 0. The van der Waals surface area contributed by atoms with Gasteiger partial charge in [0.1, 0.15) is 0 Å². The summed E-state index contributed by atoms with van der Waals surface area (Å²) in [6, 6.07) is 0. The molecule has 0 aliphatic heterocycles. The van der Waals surface area contributed by atoms with Gasteiger partial charge in [-0.15, -0.1) is 0 Å². The van der Waals surface area contributed by atoms with Crippen LogP contribution in [0, 0.1) is 5.92 Å². The van der Waals surface area contributed by atoms with Crippen molar-refractivity contribution in [3.8, 4) is 0 Å². The monoisotopic (exact) mass is 184 g/mol. The molecule has 5 nitrogen and oxygen atoms in total. The van der Waals surface area contributed by atoms with E-state index in [1.807, 2.05) is 0 Å². The first-order valence-electron chi connectivity index (χ1n) is 3.62.